The van der Waals surface area contributed by atoms with E-state index in [2.05, 4.69) is 19.9 Å². The van der Waals surface area contributed by atoms with Crippen LogP contribution in [0.5, 0.6) is 0 Å². The van der Waals surface area contributed by atoms with E-state index >= 15 is 0 Å². The first-order valence-corrected chi connectivity index (χ1v) is 8.80. The molecule has 25 heavy (non-hydrogen) atoms. The third-order valence-electron chi connectivity index (χ3n) is 5.41. The molecule has 2 heterocycles. The van der Waals surface area contributed by atoms with Gasteiger partial charge in [0.05, 0.1) is 0 Å². The predicted molar refractivity (Wildman–Crippen MR) is 102 cm³/mol. The number of carbonyl (C=O) groups excluding carboxylic acids is 2. The van der Waals surface area contributed by atoms with Crippen LogP contribution >= 0.6 is 12.4 Å². The number of fused-ring (bicyclic) bond motifs is 1. The van der Waals surface area contributed by atoms with Crippen molar-refractivity contribution in [1.82, 2.24) is 4.90 Å². The monoisotopic (exact) mass is 365 g/mol. The molecule has 0 aromatic heterocycles. The van der Waals surface area contributed by atoms with Crippen LogP contribution < -0.4 is 10.6 Å². The molecule has 2 amide bonds. The fourth-order valence-electron chi connectivity index (χ4n) is 3.69. The Hall–Kier alpha value is -1.59. The van der Waals surface area contributed by atoms with Crippen LogP contribution in [-0.4, -0.2) is 42.4 Å². The Kier molecular flexibility index (Phi) is 6.12. The van der Waals surface area contributed by atoms with Gasteiger partial charge in [0.25, 0.3) is 0 Å². The van der Waals surface area contributed by atoms with Gasteiger partial charge in [0.15, 0.2) is 0 Å². The number of aryl methyl sites for hydroxylation is 1. The van der Waals surface area contributed by atoms with Crippen LogP contribution in [0.1, 0.15) is 38.7 Å². The molecule has 138 valence electrons. The lowest BCUT2D eigenvalue weighted by molar-refractivity contribution is -0.134. The summed E-state index contributed by atoms with van der Waals surface area (Å²) in [4.78, 5) is 28.6. The van der Waals surface area contributed by atoms with E-state index in [1.54, 1.807) is 4.90 Å². The lowest BCUT2D eigenvalue weighted by Gasteiger charge is -2.42. The maximum atomic E-state index is 12.6. The van der Waals surface area contributed by atoms with Gasteiger partial charge in [-0.25, -0.2) is 0 Å². The molecule has 1 saturated heterocycles. The minimum Gasteiger partial charge on any atom is -0.342 e. The highest BCUT2D eigenvalue weighted by molar-refractivity contribution is 5.97. The number of nitrogens with two attached hydrogens (primary N) is 1. The van der Waals surface area contributed by atoms with E-state index in [-0.39, 0.29) is 35.7 Å². The van der Waals surface area contributed by atoms with Crippen LogP contribution in [-0.2, 0) is 16.0 Å². The largest absolute Gasteiger partial charge is 0.342 e. The Morgan fingerprint density at radius 2 is 2.00 bits per heavy atom. The molecule has 1 fully saturated rings. The fraction of sp³-hybridized carbons (Fsp3) is 0.579. The summed E-state index contributed by atoms with van der Waals surface area (Å²) >= 11 is 0. The summed E-state index contributed by atoms with van der Waals surface area (Å²) in [6.07, 6.45) is 2.52. The summed E-state index contributed by atoms with van der Waals surface area (Å²) in [6, 6.07) is 8.11. The Labute approximate surface area is 155 Å². The average molecular weight is 366 g/mol. The lowest BCUT2D eigenvalue weighted by atomic mass is 9.79. The Morgan fingerprint density at radius 3 is 2.72 bits per heavy atom. The van der Waals surface area contributed by atoms with Crippen molar-refractivity contribution >= 4 is 29.9 Å². The molecule has 0 aliphatic carbocycles. The second kappa shape index (κ2) is 7.75. The molecular weight excluding hydrogens is 338 g/mol. The third-order valence-corrected chi connectivity index (χ3v) is 5.41. The zero-order valence-corrected chi connectivity index (χ0v) is 15.8. The molecule has 0 saturated carbocycles. The van der Waals surface area contributed by atoms with E-state index in [0.717, 1.165) is 18.5 Å². The van der Waals surface area contributed by atoms with Gasteiger partial charge in [-0.1, -0.05) is 32.0 Å². The van der Waals surface area contributed by atoms with Gasteiger partial charge in [-0.3, -0.25) is 9.59 Å². The number of hydrogen-bond acceptors (Lipinski definition) is 3. The van der Waals surface area contributed by atoms with Crippen LogP contribution in [0.25, 0.3) is 0 Å². The molecule has 1 unspecified atom stereocenters. The minimum absolute atomic E-state index is 0. The van der Waals surface area contributed by atoms with Crippen molar-refractivity contribution in [3.05, 3.63) is 29.8 Å². The molecule has 0 radical (unpaired) electrons. The Balaban J connectivity index is 0.00000225. The van der Waals surface area contributed by atoms with Gasteiger partial charge < -0.3 is 15.5 Å². The van der Waals surface area contributed by atoms with Gasteiger partial charge in [0.2, 0.25) is 11.8 Å². The summed E-state index contributed by atoms with van der Waals surface area (Å²) < 4.78 is 0. The number of para-hydroxylation sites is 1. The predicted octanol–water partition coefficient (Wildman–Crippen LogP) is 2.36. The van der Waals surface area contributed by atoms with E-state index in [1.807, 2.05) is 23.1 Å². The standard InChI is InChI=1S/C19H27N3O2.ClH/c1-19(2)13-21(11-9-16(19)20)17(23)10-12-22-15-6-4-3-5-14(15)7-8-18(22)24;/h3-6,16H,7-13,20H2,1-2H3;1H. The second-order valence-corrected chi connectivity index (χ2v) is 7.62. The molecule has 2 aliphatic heterocycles. The van der Waals surface area contributed by atoms with Gasteiger partial charge in [-0.2, -0.15) is 0 Å². The molecule has 1 aromatic carbocycles. The molecule has 2 N–H and O–H groups in total. The molecule has 3 rings (SSSR count). The first-order valence-electron chi connectivity index (χ1n) is 8.80. The summed E-state index contributed by atoms with van der Waals surface area (Å²) in [7, 11) is 0. The first kappa shape index (κ1) is 19.7. The molecule has 0 spiro atoms. The molecule has 1 aromatic rings. The third kappa shape index (κ3) is 4.15. The van der Waals surface area contributed by atoms with Crippen molar-refractivity contribution in [2.75, 3.05) is 24.5 Å². The van der Waals surface area contributed by atoms with Crippen LogP contribution in [0.2, 0.25) is 0 Å². The fourth-order valence-corrected chi connectivity index (χ4v) is 3.69. The number of nitrogens with zero attached hydrogens (tertiary/aromatic N) is 2. The van der Waals surface area contributed by atoms with Gasteiger partial charge in [-0.05, 0) is 29.9 Å². The molecule has 5 nitrogen and oxygen atoms in total. The molecule has 6 heteroatoms. The Morgan fingerprint density at radius 1 is 1.28 bits per heavy atom. The molecule has 1 atom stereocenters. The highest BCUT2D eigenvalue weighted by Gasteiger charge is 2.35. The lowest BCUT2D eigenvalue weighted by Crippen LogP contribution is -2.54. The van der Waals surface area contributed by atoms with Crippen LogP contribution in [0, 0.1) is 5.41 Å². The normalized spacial score (nSPS) is 22.2. The summed E-state index contributed by atoms with van der Waals surface area (Å²) in [5.74, 6) is 0.230. The van der Waals surface area contributed by atoms with E-state index in [0.29, 0.717) is 32.5 Å². The number of piperidine rings is 1. The zero-order chi connectivity index (χ0) is 17.3. The second-order valence-electron chi connectivity index (χ2n) is 7.62. The van der Waals surface area contributed by atoms with Crippen LogP contribution in [0.3, 0.4) is 0 Å². The van der Waals surface area contributed by atoms with Crippen LogP contribution in [0.15, 0.2) is 24.3 Å². The van der Waals surface area contributed by atoms with E-state index in [9.17, 15) is 9.59 Å². The van der Waals surface area contributed by atoms with Crippen molar-refractivity contribution in [2.45, 2.75) is 45.6 Å². The highest BCUT2D eigenvalue weighted by atomic mass is 35.5. The van der Waals surface area contributed by atoms with Gasteiger partial charge in [-0.15, -0.1) is 12.4 Å². The van der Waals surface area contributed by atoms with Crippen molar-refractivity contribution in [1.29, 1.82) is 0 Å². The summed E-state index contributed by atoms with van der Waals surface area (Å²) in [6.45, 7) is 6.09. The van der Waals surface area contributed by atoms with E-state index in [4.69, 9.17) is 5.73 Å². The van der Waals surface area contributed by atoms with E-state index in [1.165, 1.54) is 5.56 Å². The van der Waals surface area contributed by atoms with Gasteiger partial charge in [0, 0.05) is 44.2 Å². The molecule has 0 bridgehead atoms. The SMILES string of the molecule is CC1(C)CN(C(=O)CCN2C(=O)CCc3ccccc32)CCC1N.Cl. The maximum absolute atomic E-state index is 12.6. The first-order chi connectivity index (χ1) is 11.4. The minimum atomic E-state index is -0.0541. The van der Waals surface area contributed by atoms with Crippen molar-refractivity contribution in [3.63, 3.8) is 0 Å². The maximum Gasteiger partial charge on any atom is 0.227 e. The van der Waals surface area contributed by atoms with Gasteiger partial charge in [0.1, 0.15) is 0 Å². The zero-order valence-electron chi connectivity index (χ0n) is 15.0. The van der Waals surface area contributed by atoms with Crippen LogP contribution in [0.4, 0.5) is 5.69 Å². The number of anilines is 1. The topological polar surface area (TPSA) is 66.6 Å². The van der Waals surface area contributed by atoms with E-state index < -0.39 is 0 Å². The number of benzene rings is 1. The number of hydrogen-bond donors (Lipinski definition) is 1. The summed E-state index contributed by atoms with van der Waals surface area (Å²) in [5, 5.41) is 0. The number of halogens is 1. The Bertz CT molecular complexity index is 647. The van der Waals surface area contributed by atoms with Crippen molar-refractivity contribution in [2.24, 2.45) is 11.1 Å². The van der Waals surface area contributed by atoms with Crippen molar-refractivity contribution in [3.8, 4) is 0 Å². The number of rotatable bonds is 3. The summed E-state index contributed by atoms with van der Waals surface area (Å²) in [5.41, 5.74) is 8.24. The van der Waals surface area contributed by atoms with Crippen molar-refractivity contribution < 1.29 is 9.59 Å². The number of amides is 2. The quantitative estimate of drug-likeness (QED) is 0.894. The van der Waals surface area contributed by atoms with Gasteiger partial charge >= 0.3 is 0 Å². The molecule has 2 aliphatic rings. The highest BCUT2D eigenvalue weighted by Crippen LogP contribution is 2.29. The number of carbonyl (C=O) groups is 2. The molecular formula is C19H28ClN3O2. The number of likely N-dealkylation sites (tertiary alicyclic amines) is 1. The smallest absolute Gasteiger partial charge is 0.227 e. The average Bonchev–Trinajstić information content (AvgIpc) is 2.56.